The van der Waals surface area contributed by atoms with E-state index >= 15 is 0 Å². The maximum atomic E-state index is 6.09. The van der Waals surface area contributed by atoms with Crippen LogP contribution in [-0.4, -0.2) is 77.0 Å². The molecule has 2 unspecified atom stereocenters. The summed E-state index contributed by atoms with van der Waals surface area (Å²) in [5, 5.41) is 0. The molecule has 6 nitrogen and oxygen atoms in total. The minimum absolute atomic E-state index is 0.432. The third-order valence-corrected chi connectivity index (χ3v) is 12.6. The van der Waals surface area contributed by atoms with E-state index in [1.165, 1.54) is 25.7 Å². The second-order valence-corrected chi connectivity index (χ2v) is 23.5. The lowest BCUT2D eigenvalue weighted by atomic mass is 10.4. The average molecular weight is 497 g/mol. The molecule has 0 N–H and O–H groups in total. The van der Waals surface area contributed by atoms with Crippen LogP contribution in [0.1, 0.15) is 39.5 Å². The number of hydrogen-bond acceptors (Lipinski definition) is 6. The van der Waals surface area contributed by atoms with Crippen LogP contribution in [0.4, 0.5) is 0 Å². The number of epoxide rings is 2. The van der Waals surface area contributed by atoms with Gasteiger partial charge in [0.25, 0.3) is 0 Å². The van der Waals surface area contributed by atoms with Crippen molar-refractivity contribution in [2.75, 3.05) is 39.6 Å². The van der Waals surface area contributed by atoms with Gasteiger partial charge in [-0.2, -0.15) is 0 Å². The highest BCUT2D eigenvalue weighted by atomic mass is 28.5. The predicted octanol–water partition coefficient (Wildman–Crippen LogP) is 5.80. The molecule has 2 atom stereocenters. The van der Waals surface area contributed by atoms with Crippen LogP contribution in [0, 0.1) is 0 Å². The summed E-state index contributed by atoms with van der Waals surface area (Å²) in [6.07, 6.45) is 5.64. The van der Waals surface area contributed by atoms with Gasteiger partial charge in [-0.25, -0.2) is 0 Å². The highest BCUT2D eigenvalue weighted by Gasteiger charge is 2.35. The zero-order valence-electron chi connectivity index (χ0n) is 22.2. The Morgan fingerprint density at radius 3 is 1.19 bits per heavy atom. The van der Waals surface area contributed by atoms with Gasteiger partial charge in [0.05, 0.1) is 26.4 Å². The lowest BCUT2D eigenvalue weighted by Crippen LogP contribution is -2.50. The van der Waals surface area contributed by atoms with Gasteiger partial charge < -0.3 is 27.2 Å². The van der Waals surface area contributed by atoms with Gasteiger partial charge in [0, 0.05) is 13.2 Å². The molecule has 2 heterocycles. The SMILES string of the molecule is CCCCOCC1CO1.CCCCOCC1CO1.C[Si](C)(C)O[Si](C)(C)O[Si](C)(C)C. The molecule has 0 bridgehead atoms. The van der Waals surface area contributed by atoms with Gasteiger partial charge in [0.1, 0.15) is 12.2 Å². The van der Waals surface area contributed by atoms with E-state index in [9.17, 15) is 0 Å². The van der Waals surface area contributed by atoms with E-state index in [0.717, 1.165) is 39.6 Å². The van der Waals surface area contributed by atoms with E-state index in [1.807, 2.05) is 0 Å². The molecule has 0 amide bonds. The molecule has 2 rings (SSSR count). The average Bonchev–Trinajstić information content (AvgIpc) is 3.48. The molecule has 0 saturated carbocycles. The van der Waals surface area contributed by atoms with E-state index in [2.05, 4.69) is 66.2 Å². The molecule has 0 radical (unpaired) electrons. The predicted molar refractivity (Wildman–Crippen MR) is 137 cm³/mol. The Labute approximate surface area is 196 Å². The summed E-state index contributed by atoms with van der Waals surface area (Å²) >= 11 is 0. The molecule has 0 aromatic carbocycles. The van der Waals surface area contributed by atoms with E-state index in [1.54, 1.807) is 0 Å². The quantitative estimate of drug-likeness (QED) is 0.172. The van der Waals surface area contributed by atoms with Crippen molar-refractivity contribution >= 4 is 25.2 Å². The molecular weight excluding hydrogens is 444 g/mol. The van der Waals surface area contributed by atoms with E-state index in [4.69, 9.17) is 27.2 Å². The van der Waals surface area contributed by atoms with Crippen LogP contribution in [0.2, 0.25) is 52.4 Å². The van der Waals surface area contributed by atoms with Crippen molar-refractivity contribution in [1.82, 2.24) is 0 Å². The summed E-state index contributed by atoms with van der Waals surface area (Å²) in [5.41, 5.74) is 0. The van der Waals surface area contributed by atoms with Crippen molar-refractivity contribution in [2.24, 2.45) is 0 Å². The Morgan fingerprint density at radius 2 is 0.968 bits per heavy atom. The molecule has 188 valence electrons. The lowest BCUT2D eigenvalue weighted by molar-refractivity contribution is 0.114. The van der Waals surface area contributed by atoms with Gasteiger partial charge in [-0.05, 0) is 65.2 Å². The zero-order valence-corrected chi connectivity index (χ0v) is 25.2. The standard InChI is InChI=1S/C8H24O2Si3.2C7H14O2/c1-11(2,3)9-13(7,8)10-12(4,5)6;2*1-2-3-4-8-5-7-6-9-7/h1-8H3;2*7H,2-6H2,1H3. The lowest BCUT2D eigenvalue weighted by Gasteiger charge is -2.35. The highest BCUT2D eigenvalue weighted by Crippen LogP contribution is 2.19. The summed E-state index contributed by atoms with van der Waals surface area (Å²) in [6.45, 7) is 27.2. The maximum Gasteiger partial charge on any atom is 0.311 e. The van der Waals surface area contributed by atoms with Crippen molar-refractivity contribution < 1.29 is 27.2 Å². The summed E-state index contributed by atoms with van der Waals surface area (Å²) in [6, 6.07) is 0. The summed E-state index contributed by atoms with van der Waals surface area (Å²) in [7, 11) is -4.72. The number of hydrogen-bond donors (Lipinski definition) is 0. The maximum absolute atomic E-state index is 6.09. The highest BCUT2D eigenvalue weighted by molar-refractivity contribution is 6.87. The monoisotopic (exact) mass is 496 g/mol. The molecule has 0 aromatic heterocycles. The summed E-state index contributed by atoms with van der Waals surface area (Å²) in [4.78, 5) is 0. The second kappa shape index (κ2) is 16.1. The zero-order chi connectivity index (χ0) is 24.0. The van der Waals surface area contributed by atoms with Gasteiger partial charge in [-0.1, -0.05) is 26.7 Å². The molecule has 2 fully saturated rings. The fourth-order valence-electron chi connectivity index (χ4n) is 2.75. The topological polar surface area (TPSA) is 62.0 Å². The van der Waals surface area contributed by atoms with Crippen molar-refractivity contribution in [3.63, 3.8) is 0 Å². The van der Waals surface area contributed by atoms with Gasteiger partial charge in [0.15, 0.2) is 16.6 Å². The summed E-state index contributed by atoms with van der Waals surface area (Å²) in [5.74, 6) is 0. The fourth-order valence-corrected chi connectivity index (χ4v) is 15.1. The van der Waals surface area contributed by atoms with Crippen LogP contribution in [0.25, 0.3) is 0 Å². The van der Waals surface area contributed by atoms with E-state index in [-0.39, 0.29) is 0 Å². The second-order valence-electron chi connectivity index (χ2n) is 10.6. The van der Waals surface area contributed by atoms with Crippen LogP contribution < -0.4 is 0 Å². The smallest absolute Gasteiger partial charge is 0.311 e. The third-order valence-electron chi connectivity index (χ3n) is 3.80. The van der Waals surface area contributed by atoms with Crippen LogP contribution in [0.3, 0.4) is 0 Å². The Balaban J connectivity index is 0.000000445. The van der Waals surface area contributed by atoms with Crippen LogP contribution in [0.5, 0.6) is 0 Å². The van der Waals surface area contributed by atoms with Crippen LogP contribution in [0.15, 0.2) is 0 Å². The van der Waals surface area contributed by atoms with Crippen LogP contribution >= 0.6 is 0 Å². The fraction of sp³-hybridized carbons (Fsp3) is 1.00. The first-order valence-electron chi connectivity index (χ1n) is 12.1. The first-order valence-corrected chi connectivity index (χ1v) is 21.7. The van der Waals surface area contributed by atoms with Gasteiger partial charge in [-0.3, -0.25) is 0 Å². The Morgan fingerprint density at radius 1 is 0.645 bits per heavy atom. The summed E-state index contributed by atoms with van der Waals surface area (Å²) < 4.78 is 32.7. The van der Waals surface area contributed by atoms with E-state index < -0.39 is 25.2 Å². The molecule has 0 spiro atoms. The Kier molecular flexibility index (Phi) is 16.3. The van der Waals surface area contributed by atoms with Gasteiger partial charge in [-0.15, -0.1) is 0 Å². The van der Waals surface area contributed by atoms with Crippen molar-refractivity contribution in [3.8, 4) is 0 Å². The third kappa shape index (κ3) is 26.5. The number of rotatable bonds is 14. The van der Waals surface area contributed by atoms with Crippen molar-refractivity contribution in [1.29, 1.82) is 0 Å². The minimum Gasteiger partial charge on any atom is -0.437 e. The Hall–Kier alpha value is 0.411. The van der Waals surface area contributed by atoms with Gasteiger partial charge >= 0.3 is 8.56 Å². The Bertz CT molecular complexity index is 392. The molecule has 2 saturated heterocycles. The molecular formula is C22H52O6Si3. The molecule has 0 aromatic rings. The molecule has 2 aliphatic rings. The largest absolute Gasteiger partial charge is 0.437 e. The van der Waals surface area contributed by atoms with Crippen molar-refractivity contribution in [3.05, 3.63) is 0 Å². The van der Waals surface area contributed by atoms with Gasteiger partial charge in [0.2, 0.25) is 0 Å². The number of ether oxygens (including phenoxy) is 4. The molecule has 2 aliphatic heterocycles. The minimum atomic E-state index is -1.85. The molecule has 31 heavy (non-hydrogen) atoms. The van der Waals surface area contributed by atoms with E-state index in [0.29, 0.717) is 12.2 Å². The normalized spacial score (nSPS) is 20.3. The molecule has 0 aliphatic carbocycles. The molecule has 9 heteroatoms. The number of unbranched alkanes of at least 4 members (excludes halogenated alkanes) is 2. The van der Waals surface area contributed by atoms with Crippen molar-refractivity contribution in [2.45, 2.75) is 104 Å². The first kappa shape index (κ1) is 31.4. The first-order chi connectivity index (χ1) is 14.3. The van der Waals surface area contributed by atoms with Crippen LogP contribution in [-0.2, 0) is 27.2 Å².